The number of hydrogen-bond acceptors (Lipinski definition) is 8. The molecule has 0 fully saturated rings. The van der Waals surface area contributed by atoms with Crippen molar-refractivity contribution >= 4 is 27.4 Å². The number of hydrogen-bond donors (Lipinski definition) is 1. The van der Waals surface area contributed by atoms with Crippen molar-refractivity contribution in [3.05, 3.63) is 113 Å². The first-order valence-electron chi connectivity index (χ1n) is 13.2. The van der Waals surface area contributed by atoms with Crippen molar-refractivity contribution in [1.82, 2.24) is 9.97 Å². The summed E-state index contributed by atoms with van der Waals surface area (Å²) in [5.41, 5.74) is 5.43. The molecule has 2 heterocycles. The maximum atomic E-state index is 13.3. The van der Waals surface area contributed by atoms with Crippen molar-refractivity contribution < 1.29 is 22.5 Å². The molecule has 40 heavy (non-hydrogen) atoms. The molecule has 1 unspecified atom stereocenters. The van der Waals surface area contributed by atoms with Gasteiger partial charge in [0, 0.05) is 36.9 Å². The van der Waals surface area contributed by atoms with Crippen LogP contribution in [0.15, 0.2) is 84.0 Å². The third-order valence-electron chi connectivity index (χ3n) is 6.99. The molecule has 8 nitrogen and oxygen atoms in total. The molecule has 206 valence electrons. The largest absolute Gasteiger partial charge is 0.396 e. The van der Waals surface area contributed by atoms with Crippen molar-refractivity contribution in [2.45, 2.75) is 44.1 Å². The molecule has 1 aliphatic heterocycles. The van der Waals surface area contributed by atoms with Crippen LogP contribution in [0.1, 0.15) is 57.3 Å². The highest BCUT2D eigenvalue weighted by molar-refractivity contribution is 7.86. The minimum Gasteiger partial charge on any atom is -0.396 e. The lowest BCUT2D eigenvalue weighted by Crippen LogP contribution is -2.18. The van der Waals surface area contributed by atoms with Crippen LogP contribution in [-0.4, -0.2) is 42.4 Å². The molecule has 0 spiro atoms. The summed E-state index contributed by atoms with van der Waals surface area (Å²) in [7, 11) is -4.12. The Labute approximate surface area is 234 Å². The summed E-state index contributed by atoms with van der Waals surface area (Å²) < 4.78 is 32.6. The van der Waals surface area contributed by atoms with Gasteiger partial charge in [0.15, 0.2) is 5.78 Å². The fraction of sp³-hybridized carbons (Fsp3) is 0.258. The Morgan fingerprint density at radius 1 is 1.00 bits per heavy atom. The Hall–Kier alpha value is -3.92. The molecule has 1 aliphatic rings. The summed E-state index contributed by atoms with van der Waals surface area (Å²) in [5.74, 6) is 0.586. The van der Waals surface area contributed by atoms with Gasteiger partial charge < -0.3 is 10.0 Å². The number of carbonyl (C=O) groups excluding carboxylic acids is 1. The fourth-order valence-electron chi connectivity index (χ4n) is 4.96. The first-order valence-corrected chi connectivity index (χ1v) is 14.6. The van der Waals surface area contributed by atoms with Crippen LogP contribution < -0.4 is 4.90 Å². The molecular weight excluding hydrogens is 526 g/mol. The van der Waals surface area contributed by atoms with Gasteiger partial charge in [0.25, 0.3) is 10.1 Å². The maximum Gasteiger partial charge on any atom is 0.297 e. The van der Waals surface area contributed by atoms with Crippen LogP contribution >= 0.6 is 0 Å². The number of Topliss-reactive ketones (excluding diaryl/α,β-unsaturated/α-hetero) is 1. The third-order valence-corrected chi connectivity index (χ3v) is 8.28. The molecule has 9 heteroatoms. The van der Waals surface area contributed by atoms with Crippen molar-refractivity contribution in [2.24, 2.45) is 0 Å². The van der Waals surface area contributed by atoms with Crippen molar-refractivity contribution in [3.8, 4) is 0 Å². The normalized spacial score (nSPS) is 13.7. The lowest BCUT2D eigenvalue weighted by atomic mass is 9.99. The molecule has 1 atom stereocenters. The summed E-state index contributed by atoms with van der Waals surface area (Å²) in [4.78, 5) is 23.8. The highest BCUT2D eigenvalue weighted by Crippen LogP contribution is 2.38. The van der Waals surface area contributed by atoms with Gasteiger partial charge in [-0.3, -0.25) is 8.98 Å². The Morgan fingerprint density at radius 3 is 2.52 bits per heavy atom. The van der Waals surface area contributed by atoms with E-state index in [1.54, 1.807) is 18.2 Å². The molecule has 0 amide bonds. The van der Waals surface area contributed by atoms with Gasteiger partial charge in [-0.1, -0.05) is 59.7 Å². The second-order valence-electron chi connectivity index (χ2n) is 9.91. The van der Waals surface area contributed by atoms with Gasteiger partial charge in [-0.15, -0.1) is 0 Å². The Morgan fingerprint density at radius 2 is 1.77 bits per heavy atom. The van der Waals surface area contributed by atoms with E-state index in [1.165, 1.54) is 18.5 Å². The predicted octanol–water partition coefficient (Wildman–Crippen LogP) is 5.24. The number of fused-ring (bicyclic) bond motifs is 1. The van der Waals surface area contributed by atoms with Gasteiger partial charge in [-0.2, -0.15) is 8.42 Å². The third kappa shape index (κ3) is 5.82. The molecule has 1 N–H and O–H groups in total. The molecule has 1 aromatic heterocycles. The van der Waals surface area contributed by atoms with E-state index >= 15 is 0 Å². The summed E-state index contributed by atoms with van der Waals surface area (Å²) >= 11 is 0. The van der Waals surface area contributed by atoms with Gasteiger partial charge >= 0.3 is 0 Å². The number of aliphatic hydroxyl groups excluding tert-OH is 1. The second kappa shape index (κ2) is 11.7. The van der Waals surface area contributed by atoms with E-state index < -0.39 is 16.2 Å². The van der Waals surface area contributed by atoms with E-state index in [4.69, 9.17) is 9.29 Å². The van der Waals surface area contributed by atoms with Crippen LogP contribution in [0.2, 0.25) is 0 Å². The van der Waals surface area contributed by atoms with Crippen LogP contribution in [0.4, 0.5) is 11.5 Å². The quantitative estimate of drug-likeness (QED) is 0.208. The SMILES string of the molecule is Cc1ccc(S(=O)(=O)OC(c2cccc(C)c2)c2cc(N3CCc4c(C(=O)CCCO)cccc43)ncn2)cc1. The minimum absolute atomic E-state index is 0.00495. The molecule has 0 radical (unpaired) electrons. The van der Waals surface area contributed by atoms with Crippen molar-refractivity contribution in [1.29, 1.82) is 0 Å². The lowest BCUT2D eigenvalue weighted by Gasteiger charge is -2.22. The summed E-state index contributed by atoms with van der Waals surface area (Å²) in [5, 5.41) is 9.14. The zero-order chi connectivity index (χ0) is 28.3. The first kappa shape index (κ1) is 27.6. The average molecular weight is 558 g/mol. The van der Waals surface area contributed by atoms with E-state index in [2.05, 4.69) is 9.97 Å². The standard InChI is InChI=1S/C31H31N3O5S/c1-21-11-13-24(14-12-21)40(37,38)39-31(23-7-3-6-22(2)18-23)27-19-30(33-20-32-27)34-16-15-25-26(8-4-9-28(25)34)29(36)10-5-17-35/h3-4,6-9,11-14,18-20,31,35H,5,10,15-17H2,1-2H3. The monoisotopic (exact) mass is 557 g/mol. The highest BCUT2D eigenvalue weighted by Gasteiger charge is 2.29. The second-order valence-corrected chi connectivity index (χ2v) is 11.5. The summed E-state index contributed by atoms with van der Waals surface area (Å²) in [6.07, 6.45) is 1.78. The predicted molar refractivity (Wildman–Crippen MR) is 152 cm³/mol. The van der Waals surface area contributed by atoms with Crippen molar-refractivity contribution in [2.75, 3.05) is 18.1 Å². The smallest absolute Gasteiger partial charge is 0.297 e. The van der Waals surface area contributed by atoms with Crippen LogP contribution in [-0.2, 0) is 20.7 Å². The van der Waals surface area contributed by atoms with Crippen LogP contribution in [0.3, 0.4) is 0 Å². The number of rotatable bonds is 10. The summed E-state index contributed by atoms with van der Waals surface area (Å²) in [6, 6.07) is 21.4. The summed E-state index contributed by atoms with van der Waals surface area (Å²) in [6.45, 7) is 4.40. The van der Waals surface area contributed by atoms with Crippen LogP contribution in [0, 0.1) is 13.8 Å². The Kier molecular flexibility index (Phi) is 8.07. The first-order chi connectivity index (χ1) is 19.3. The number of aliphatic hydroxyl groups is 1. The van der Waals surface area contributed by atoms with Gasteiger partial charge in [0.05, 0.1) is 10.6 Å². The topological polar surface area (TPSA) is 110 Å². The number of ketones is 1. The molecule has 0 saturated heterocycles. The van der Waals surface area contributed by atoms with E-state index in [0.717, 1.165) is 22.4 Å². The van der Waals surface area contributed by atoms with Gasteiger partial charge in [-0.25, -0.2) is 9.97 Å². The Bertz CT molecular complexity index is 1640. The lowest BCUT2D eigenvalue weighted by molar-refractivity contribution is 0.0970. The van der Waals surface area contributed by atoms with E-state index in [1.807, 2.05) is 61.2 Å². The number of benzene rings is 3. The van der Waals surface area contributed by atoms with E-state index in [0.29, 0.717) is 42.0 Å². The van der Waals surface area contributed by atoms with Crippen LogP contribution in [0.25, 0.3) is 0 Å². The zero-order valence-corrected chi connectivity index (χ0v) is 23.3. The number of aromatic nitrogens is 2. The fourth-order valence-corrected chi connectivity index (χ4v) is 6.00. The number of anilines is 2. The average Bonchev–Trinajstić information content (AvgIpc) is 3.39. The molecule has 5 rings (SSSR count). The van der Waals surface area contributed by atoms with E-state index in [-0.39, 0.29) is 23.7 Å². The zero-order valence-electron chi connectivity index (χ0n) is 22.4. The van der Waals surface area contributed by atoms with Gasteiger partial charge in [0.2, 0.25) is 0 Å². The number of carbonyl (C=O) groups is 1. The maximum absolute atomic E-state index is 13.3. The molecule has 3 aromatic carbocycles. The molecular formula is C31H31N3O5S. The van der Waals surface area contributed by atoms with Crippen LogP contribution in [0.5, 0.6) is 0 Å². The van der Waals surface area contributed by atoms with Crippen molar-refractivity contribution in [3.63, 3.8) is 0 Å². The van der Waals surface area contributed by atoms with Gasteiger partial charge in [-0.05, 0) is 56.0 Å². The van der Waals surface area contributed by atoms with Gasteiger partial charge in [0.1, 0.15) is 18.2 Å². The highest BCUT2D eigenvalue weighted by atomic mass is 32.2. The molecule has 0 bridgehead atoms. The number of nitrogens with zero attached hydrogens (tertiary/aromatic N) is 3. The molecule has 0 saturated carbocycles. The molecule has 4 aromatic rings. The van der Waals surface area contributed by atoms with E-state index in [9.17, 15) is 13.2 Å². The Balaban J connectivity index is 1.51. The number of aryl methyl sites for hydroxylation is 2. The minimum atomic E-state index is -4.12. The molecule has 0 aliphatic carbocycles.